The van der Waals surface area contributed by atoms with Crippen molar-refractivity contribution in [1.29, 1.82) is 0 Å². The molecule has 1 heterocycles. The van der Waals surface area contributed by atoms with Crippen LogP contribution in [0.5, 0.6) is 5.88 Å². The summed E-state index contributed by atoms with van der Waals surface area (Å²) in [7, 11) is 1.63. The third-order valence-electron chi connectivity index (χ3n) is 2.99. The molecule has 0 fully saturated rings. The zero-order chi connectivity index (χ0) is 13.5. The maximum atomic E-state index is 5.06. The largest absolute Gasteiger partial charge is 0.481 e. The van der Waals surface area contributed by atoms with Crippen molar-refractivity contribution < 1.29 is 4.74 Å². The summed E-state index contributed by atoms with van der Waals surface area (Å²) in [4.78, 5) is 4.22. The van der Waals surface area contributed by atoms with Crippen LogP contribution in [0, 0.1) is 0 Å². The molecular formula is C16H20N2O. The summed E-state index contributed by atoms with van der Waals surface area (Å²) >= 11 is 0. The lowest BCUT2D eigenvalue weighted by atomic mass is 10.1. The first-order valence-corrected chi connectivity index (χ1v) is 6.63. The predicted octanol–water partition coefficient (Wildman–Crippen LogP) is 3.26. The zero-order valence-corrected chi connectivity index (χ0v) is 11.5. The van der Waals surface area contributed by atoms with Crippen LogP contribution in [0.3, 0.4) is 0 Å². The monoisotopic (exact) mass is 256 g/mol. The van der Waals surface area contributed by atoms with Gasteiger partial charge in [-0.25, -0.2) is 4.98 Å². The fourth-order valence-corrected chi connectivity index (χ4v) is 1.90. The van der Waals surface area contributed by atoms with Crippen LogP contribution in [0.25, 0.3) is 11.1 Å². The van der Waals surface area contributed by atoms with Gasteiger partial charge in [0.2, 0.25) is 5.88 Å². The van der Waals surface area contributed by atoms with Gasteiger partial charge in [-0.2, -0.15) is 0 Å². The Kier molecular flexibility index (Phi) is 4.93. The van der Waals surface area contributed by atoms with Gasteiger partial charge in [0.15, 0.2) is 0 Å². The Balaban J connectivity index is 2.04. The second-order valence-electron chi connectivity index (χ2n) is 4.46. The van der Waals surface area contributed by atoms with E-state index in [0.717, 1.165) is 25.1 Å². The van der Waals surface area contributed by atoms with Crippen LogP contribution < -0.4 is 10.1 Å². The minimum Gasteiger partial charge on any atom is -0.481 e. The van der Waals surface area contributed by atoms with Crippen LogP contribution in [0.4, 0.5) is 0 Å². The van der Waals surface area contributed by atoms with Crippen LogP contribution in [-0.4, -0.2) is 18.6 Å². The number of ether oxygens (including phenoxy) is 1. The number of pyridine rings is 1. The number of nitrogens with zero attached hydrogens (tertiary/aromatic N) is 1. The van der Waals surface area contributed by atoms with Gasteiger partial charge in [0.1, 0.15) is 0 Å². The van der Waals surface area contributed by atoms with Crippen molar-refractivity contribution in [3.8, 4) is 17.0 Å². The molecule has 0 atom stereocenters. The second-order valence-corrected chi connectivity index (χ2v) is 4.46. The summed E-state index contributed by atoms with van der Waals surface area (Å²) in [5, 5.41) is 3.40. The molecular weight excluding hydrogens is 236 g/mol. The van der Waals surface area contributed by atoms with E-state index in [1.807, 2.05) is 18.3 Å². The van der Waals surface area contributed by atoms with Gasteiger partial charge in [0.05, 0.1) is 7.11 Å². The van der Waals surface area contributed by atoms with Crippen LogP contribution in [0.15, 0.2) is 42.6 Å². The summed E-state index contributed by atoms with van der Waals surface area (Å²) in [6, 6.07) is 12.5. The smallest absolute Gasteiger partial charge is 0.212 e. The van der Waals surface area contributed by atoms with Crippen molar-refractivity contribution in [3.63, 3.8) is 0 Å². The molecule has 0 amide bonds. The van der Waals surface area contributed by atoms with Crippen LogP contribution in [0.2, 0.25) is 0 Å². The lowest BCUT2D eigenvalue weighted by molar-refractivity contribution is 0.398. The lowest BCUT2D eigenvalue weighted by Crippen LogP contribution is -2.13. The van der Waals surface area contributed by atoms with Crippen molar-refractivity contribution >= 4 is 0 Å². The van der Waals surface area contributed by atoms with Gasteiger partial charge in [-0.05, 0) is 30.2 Å². The average Bonchev–Trinajstić information content (AvgIpc) is 2.48. The van der Waals surface area contributed by atoms with Crippen LogP contribution >= 0.6 is 0 Å². The van der Waals surface area contributed by atoms with Crippen molar-refractivity contribution in [2.24, 2.45) is 0 Å². The van der Waals surface area contributed by atoms with E-state index in [-0.39, 0.29) is 0 Å². The molecule has 0 spiro atoms. The summed E-state index contributed by atoms with van der Waals surface area (Å²) in [6.45, 7) is 4.16. The molecule has 0 aliphatic rings. The van der Waals surface area contributed by atoms with Crippen molar-refractivity contribution in [2.75, 3.05) is 13.7 Å². The predicted molar refractivity (Wildman–Crippen MR) is 78.2 cm³/mol. The van der Waals surface area contributed by atoms with Crippen LogP contribution in [0.1, 0.15) is 18.9 Å². The third kappa shape index (κ3) is 3.80. The highest BCUT2D eigenvalue weighted by atomic mass is 16.5. The van der Waals surface area contributed by atoms with Gasteiger partial charge in [0.25, 0.3) is 0 Å². The summed E-state index contributed by atoms with van der Waals surface area (Å²) in [6.07, 6.45) is 3.00. The molecule has 0 unspecified atom stereocenters. The number of nitrogens with one attached hydrogen (secondary N) is 1. The van der Waals surface area contributed by atoms with Gasteiger partial charge in [-0.15, -0.1) is 0 Å². The average molecular weight is 256 g/mol. The lowest BCUT2D eigenvalue weighted by Gasteiger charge is -2.06. The van der Waals surface area contributed by atoms with E-state index >= 15 is 0 Å². The van der Waals surface area contributed by atoms with E-state index < -0.39 is 0 Å². The Labute approximate surface area is 114 Å². The minimum absolute atomic E-state index is 0.643. The highest BCUT2D eigenvalue weighted by Gasteiger charge is 1.99. The summed E-state index contributed by atoms with van der Waals surface area (Å²) < 4.78 is 5.06. The Bertz CT molecular complexity index is 491. The second kappa shape index (κ2) is 6.90. The molecule has 1 aromatic carbocycles. The molecule has 2 rings (SSSR count). The molecule has 3 nitrogen and oxygen atoms in total. The SMILES string of the molecule is CCCNCc1ccc(-c2ccc(OC)nc2)cc1. The fourth-order valence-electron chi connectivity index (χ4n) is 1.90. The van der Waals surface area contributed by atoms with Crippen LogP contribution in [-0.2, 0) is 6.54 Å². The Morgan fingerprint density at radius 2 is 1.79 bits per heavy atom. The molecule has 0 aliphatic heterocycles. The minimum atomic E-state index is 0.643. The van der Waals surface area contributed by atoms with Gasteiger partial charge in [-0.3, -0.25) is 0 Å². The molecule has 1 aromatic heterocycles. The first-order valence-electron chi connectivity index (χ1n) is 6.63. The van der Waals surface area contributed by atoms with Crippen molar-refractivity contribution in [3.05, 3.63) is 48.2 Å². The van der Waals surface area contributed by atoms with E-state index in [2.05, 4.69) is 41.5 Å². The van der Waals surface area contributed by atoms with Crippen molar-refractivity contribution in [2.45, 2.75) is 19.9 Å². The van der Waals surface area contributed by atoms with Gasteiger partial charge in [0, 0.05) is 24.4 Å². The number of rotatable bonds is 6. The summed E-state index contributed by atoms with van der Waals surface area (Å²) in [5.41, 5.74) is 3.59. The Morgan fingerprint density at radius 1 is 1.05 bits per heavy atom. The molecule has 100 valence electrons. The highest BCUT2D eigenvalue weighted by Crippen LogP contribution is 2.20. The molecule has 0 radical (unpaired) electrons. The van der Waals surface area contributed by atoms with Gasteiger partial charge >= 0.3 is 0 Å². The first-order chi connectivity index (χ1) is 9.33. The fraction of sp³-hybridized carbons (Fsp3) is 0.312. The standard InChI is InChI=1S/C16H20N2O/c1-3-10-17-11-13-4-6-14(7-5-13)15-8-9-16(19-2)18-12-15/h4-9,12,17H,3,10-11H2,1-2H3. The Morgan fingerprint density at radius 3 is 2.37 bits per heavy atom. The number of hydrogen-bond acceptors (Lipinski definition) is 3. The van der Waals surface area contributed by atoms with E-state index in [1.54, 1.807) is 7.11 Å². The Hall–Kier alpha value is -1.87. The molecule has 2 aromatic rings. The third-order valence-corrected chi connectivity index (χ3v) is 2.99. The van der Waals surface area contributed by atoms with Crippen molar-refractivity contribution in [1.82, 2.24) is 10.3 Å². The van der Waals surface area contributed by atoms with Gasteiger partial charge in [-0.1, -0.05) is 31.2 Å². The maximum Gasteiger partial charge on any atom is 0.212 e. The first kappa shape index (κ1) is 13.6. The quantitative estimate of drug-likeness (QED) is 0.806. The summed E-state index contributed by atoms with van der Waals surface area (Å²) in [5.74, 6) is 0.643. The molecule has 0 bridgehead atoms. The van der Waals surface area contributed by atoms with E-state index in [1.165, 1.54) is 11.1 Å². The van der Waals surface area contributed by atoms with E-state index in [9.17, 15) is 0 Å². The normalized spacial score (nSPS) is 10.4. The topological polar surface area (TPSA) is 34.1 Å². The van der Waals surface area contributed by atoms with E-state index in [4.69, 9.17) is 4.74 Å². The molecule has 3 heteroatoms. The zero-order valence-electron chi connectivity index (χ0n) is 11.5. The van der Waals surface area contributed by atoms with E-state index in [0.29, 0.717) is 5.88 Å². The number of methoxy groups -OCH3 is 1. The molecule has 0 aliphatic carbocycles. The maximum absolute atomic E-state index is 5.06. The molecule has 1 N–H and O–H groups in total. The number of benzene rings is 1. The molecule has 0 saturated heterocycles. The number of hydrogen-bond donors (Lipinski definition) is 1. The van der Waals surface area contributed by atoms with Gasteiger partial charge < -0.3 is 10.1 Å². The highest BCUT2D eigenvalue weighted by molar-refractivity contribution is 5.62. The number of aromatic nitrogens is 1. The molecule has 0 saturated carbocycles. The molecule has 19 heavy (non-hydrogen) atoms.